The van der Waals surface area contributed by atoms with Crippen molar-refractivity contribution in [3.63, 3.8) is 0 Å². The van der Waals surface area contributed by atoms with Crippen LogP contribution in [0.5, 0.6) is 0 Å². The SMILES string of the molecule is C=CCN(Cc1ccccc1)C(=O)CC(CN)OC. The molecule has 0 aromatic heterocycles. The number of rotatable bonds is 8. The van der Waals surface area contributed by atoms with E-state index in [2.05, 4.69) is 6.58 Å². The summed E-state index contributed by atoms with van der Waals surface area (Å²) in [7, 11) is 1.57. The zero-order valence-electron chi connectivity index (χ0n) is 11.4. The molecule has 0 spiro atoms. The maximum atomic E-state index is 12.2. The molecule has 0 heterocycles. The molecule has 0 fully saturated rings. The van der Waals surface area contributed by atoms with Crippen molar-refractivity contribution in [1.82, 2.24) is 4.90 Å². The fourth-order valence-electron chi connectivity index (χ4n) is 1.80. The summed E-state index contributed by atoms with van der Waals surface area (Å²) in [6.07, 6.45) is 1.80. The third kappa shape index (κ3) is 5.24. The predicted octanol–water partition coefficient (Wildman–Crippen LogP) is 1.56. The lowest BCUT2D eigenvalue weighted by Crippen LogP contribution is -2.35. The van der Waals surface area contributed by atoms with Crippen LogP contribution in [0.2, 0.25) is 0 Å². The number of hydrogen-bond acceptors (Lipinski definition) is 3. The highest BCUT2D eigenvalue weighted by atomic mass is 16.5. The summed E-state index contributed by atoms with van der Waals surface area (Å²) in [6, 6.07) is 9.88. The number of hydrogen-bond donors (Lipinski definition) is 1. The lowest BCUT2D eigenvalue weighted by atomic mass is 10.2. The van der Waals surface area contributed by atoms with Crippen LogP contribution in [0.3, 0.4) is 0 Å². The summed E-state index contributed by atoms with van der Waals surface area (Å²) in [6.45, 7) is 5.14. The molecule has 19 heavy (non-hydrogen) atoms. The molecule has 0 saturated heterocycles. The minimum atomic E-state index is -0.226. The van der Waals surface area contributed by atoms with E-state index < -0.39 is 0 Å². The average Bonchev–Trinajstić information content (AvgIpc) is 2.45. The summed E-state index contributed by atoms with van der Waals surface area (Å²) < 4.78 is 5.15. The average molecular weight is 262 g/mol. The Morgan fingerprint density at radius 3 is 2.68 bits per heavy atom. The van der Waals surface area contributed by atoms with Gasteiger partial charge in [0, 0.05) is 26.7 Å². The zero-order chi connectivity index (χ0) is 14.1. The van der Waals surface area contributed by atoms with E-state index in [0.717, 1.165) is 5.56 Å². The summed E-state index contributed by atoms with van der Waals surface area (Å²) >= 11 is 0. The molecule has 104 valence electrons. The molecular formula is C15H22N2O2. The lowest BCUT2D eigenvalue weighted by Gasteiger charge is -2.23. The van der Waals surface area contributed by atoms with Gasteiger partial charge in [-0.05, 0) is 5.56 Å². The van der Waals surface area contributed by atoms with Gasteiger partial charge >= 0.3 is 0 Å². The Labute approximate surface area is 114 Å². The van der Waals surface area contributed by atoms with Gasteiger partial charge < -0.3 is 15.4 Å². The van der Waals surface area contributed by atoms with Gasteiger partial charge in [0.05, 0.1) is 12.5 Å². The Morgan fingerprint density at radius 2 is 2.16 bits per heavy atom. The highest BCUT2D eigenvalue weighted by molar-refractivity contribution is 5.76. The summed E-state index contributed by atoms with van der Waals surface area (Å²) in [5, 5.41) is 0. The first kappa shape index (κ1) is 15.4. The van der Waals surface area contributed by atoms with E-state index in [1.807, 2.05) is 30.3 Å². The van der Waals surface area contributed by atoms with Crippen LogP contribution in [0.4, 0.5) is 0 Å². The Kier molecular flexibility index (Phi) is 6.85. The molecule has 0 aliphatic carbocycles. The van der Waals surface area contributed by atoms with Crippen molar-refractivity contribution in [2.45, 2.75) is 19.1 Å². The highest BCUT2D eigenvalue weighted by Gasteiger charge is 2.17. The molecule has 0 saturated carbocycles. The van der Waals surface area contributed by atoms with Crippen molar-refractivity contribution in [3.8, 4) is 0 Å². The molecule has 0 aliphatic heterocycles. The summed E-state index contributed by atoms with van der Waals surface area (Å²) in [4.78, 5) is 14.0. The van der Waals surface area contributed by atoms with Gasteiger partial charge in [0.1, 0.15) is 0 Å². The lowest BCUT2D eigenvalue weighted by molar-refractivity contribution is -0.133. The van der Waals surface area contributed by atoms with Crippen molar-refractivity contribution in [2.24, 2.45) is 5.73 Å². The van der Waals surface area contributed by atoms with Crippen LogP contribution in [0.1, 0.15) is 12.0 Å². The van der Waals surface area contributed by atoms with E-state index in [4.69, 9.17) is 10.5 Å². The van der Waals surface area contributed by atoms with Gasteiger partial charge in [0.25, 0.3) is 0 Å². The quantitative estimate of drug-likeness (QED) is 0.723. The molecule has 4 heteroatoms. The number of benzene rings is 1. The maximum Gasteiger partial charge on any atom is 0.225 e. The van der Waals surface area contributed by atoms with Gasteiger partial charge in [-0.3, -0.25) is 4.79 Å². The first-order valence-electron chi connectivity index (χ1n) is 6.36. The van der Waals surface area contributed by atoms with Crippen LogP contribution in [0.15, 0.2) is 43.0 Å². The topological polar surface area (TPSA) is 55.6 Å². The van der Waals surface area contributed by atoms with E-state index in [9.17, 15) is 4.79 Å². The van der Waals surface area contributed by atoms with E-state index in [1.165, 1.54) is 0 Å². The molecule has 1 rings (SSSR count). The molecule has 0 bridgehead atoms. The minimum Gasteiger partial charge on any atom is -0.380 e. The molecule has 1 aromatic rings. The number of amides is 1. The van der Waals surface area contributed by atoms with Crippen molar-refractivity contribution in [3.05, 3.63) is 48.6 Å². The molecule has 1 amide bonds. The Balaban J connectivity index is 2.66. The third-order valence-electron chi connectivity index (χ3n) is 2.92. The first-order valence-corrected chi connectivity index (χ1v) is 6.36. The smallest absolute Gasteiger partial charge is 0.225 e. The van der Waals surface area contributed by atoms with Gasteiger partial charge in [-0.2, -0.15) is 0 Å². The minimum absolute atomic E-state index is 0.0288. The van der Waals surface area contributed by atoms with E-state index >= 15 is 0 Å². The van der Waals surface area contributed by atoms with Gasteiger partial charge in [-0.25, -0.2) is 0 Å². The van der Waals surface area contributed by atoms with Gasteiger partial charge in [0.2, 0.25) is 5.91 Å². The molecule has 1 atom stereocenters. The highest BCUT2D eigenvalue weighted by Crippen LogP contribution is 2.08. The van der Waals surface area contributed by atoms with Crippen molar-refractivity contribution in [1.29, 1.82) is 0 Å². The second-order valence-corrected chi connectivity index (χ2v) is 4.35. The fraction of sp³-hybridized carbons (Fsp3) is 0.400. The number of ether oxygens (including phenoxy) is 1. The zero-order valence-corrected chi connectivity index (χ0v) is 11.4. The third-order valence-corrected chi connectivity index (χ3v) is 2.92. The van der Waals surface area contributed by atoms with Crippen LogP contribution < -0.4 is 5.73 Å². The molecule has 2 N–H and O–H groups in total. The number of carbonyl (C=O) groups excluding carboxylic acids is 1. The van der Waals surface area contributed by atoms with Crippen LogP contribution in [-0.4, -0.2) is 37.1 Å². The Morgan fingerprint density at radius 1 is 1.47 bits per heavy atom. The van der Waals surface area contributed by atoms with Gasteiger partial charge in [0.15, 0.2) is 0 Å². The molecule has 0 aliphatic rings. The largest absolute Gasteiger partial charge is 0.380 e. The summed E-state index contributed by atoms with van der Waals surface area (Å²) in [5.74, 6) is 0.0288. The van der Waals surface area contributed by atoms with Crippen molar-refractivity contribution in [2.75, 3.05) is 20.2 Å². The van der Waals surface area contributed by atoms with Gasteiger partial charge in [-0.15, -0.1) is 6.58 Å². The summed E-state index contributed by atoms with van der Waals surface area (Å²) in [5.41, 5.74) is 6.64. The number of methoxy groups -OCH3 is 1. The van der Waals surface area contributed by atoms with Crippen LogP contribution >= 0.6 is 0 Å². The number of nitrogens with two attached hydrogens (primary N) is 1. The molecule has 1 aromatic carbocycles. The van der Waals surface area contributed by atoms with Crippen LogP contribution in [0, 0.1) is 0 Å². The van der Waals surface area contributed by atoms with E-state index in [1.54, 1.807) is 18.1 Å². The first-order chi connectivity index (χ1) is 9.21. The molecule has 4 nitrogen and oxygen atoms in total. The predicted molar refractivity (Wildman–Crippen MR) is 76.5 cm³/mol. The molecular weight excluding hydrogens is 240 g/mol. The van der Waals surface area contributed by atoms with Gasteiger partial charge in [-0.1, -0.05) is 36.4 Å². The fourth-order valence-corrected chi connectivity index (χ4v) is 1.80. The van der Waals surface area contributed by atoms with Crippen LogP contribution in [0.25, 0.3) is 0 Å². The Hall–Kier alpha value is -1.65. The molecule has 0 radical (unpaired) electrons. The van der Waals surface area contributed by atoms with Crippen molar-refractivity contribution >= 4 is 5.91 Å². The Bertz CT molecular complexity index is 388. The standard InChI is InChI=1S/C15H22N2O2/c1-3-9-17(12-13-7-5-4-6-8-13)15(18)10-14(11-16)19-2/h3-8,14H,1,9-12,16H2,2H3. The van der Waals surface area contributed by atoms with Crippen molar-refractivity contribution < 1.29 is 9.53 Å². The number of nitrogens with zero attached hydrogens (tertiary/aromatic N) is 1. The van der Waals surface area contributed by atoms with E-state index in [0.29, 0.717) is 26.1 Å². The maximum absolute atomic E-state index is 12.2. The second-order valence-electron chi connectivity index (χ2n) is 4.35. The number of carbonyl (C=O) groups is 1. The normalized spacial score (nSPS) is 11.9. The second kappa shape index (κ2) is 8.45. The monoisotopic (exact) mass is 262 g/mol. The van der Waals surface area contributed by atoms with Crippen LogP contribution in [-0.2, 0) is 16.1 Å². The molecule has 1 unspecified atom stereocenters. The van der Waals surface area contributed by atoms with E-state index in [-0.39, 0.29) is 12.0 Å².